The van der Waals surface area contributed by atoms with Gasteiger partial charge in [0.1, 0.15) is 6.17 Å². The highest BCUT2D eigenvalue weighted by molar-refractivity contribution is 7.09. The third-order valence-corrected chi connectivity index (χ3v) is 7.19. The number of aryl methyl sites for hydroxylation is 1. The van der Waals surface area contributed by atoms with Crippen LogP contribution in [0, 0.1) is 6.92 Å². The van der Waals surface area contributed by atoms with Crippen molar-refractivity contribution in [2.45, 2.75) is 19.6 Å². The Morgan fingerprint density at radius 1 is 1.16 bits per heavy atom. The number of thiazole rings is 1. The average Bonchev–Trinajstić information content (AvgIpc) is 3.24. The number of hydrogen-bond donors (Lipinski definition) is 1. The minimum Gasteiger partial charge on any atom is -0.353 e. The SMILES string of the molecule is Cc1nc(Cn2c(-c3ccc(Cl)cc3)c(C3N(C)N3C3=NCCN3)c3ccccc32)cs1. The van der Waals surface area contributed by atoms with Gasteiger partial charge in [0.05, 0.1) is 29.5 Å². The predicted octanol–water partition coefficient (Wildman–Crippen LogP) is 4.90. The van der Waals surface area contributed by atoms with Crippen molar-refractivity contribution in [3.63, 3.8) is 0 Å². The van der Waals surface area contributed by atoms with Crippen molar-refractivity contribution in [2.24, 2.45) is 4.99 Å². The topological polar surface area (TPSA) is 48.2 Å². The predicted molar refractivity (Wildman–Crippen MR) is 131 cm³/mol. The van der Waals surface area contributed by atoms with Gasteiger partial charge in [-0.25, -0.2) is 9.99 Å². The third-order valence-electron chi connectivity index (χ3n) is 6.12. The molecule has 2 aromatic heterocycles. The lowest BCUT2D eigenvalue weighted by molar-refractivity contribution is 0.471. The number of aliphatic imine (C=N–C) groups is 1. The van der Waals surface area contributed by atoms with Gasteiger partial charge in [0, 0.05) is 40.5 Å². The van der Waals surface area contributed by atoms with Gasteiger partial charge in [0.25, 0.3) is 0 Å². The van der Waals surface area contributed by atoms with Crippen LogP contribution < -0.4 is 5.32 Å². The summed E-state index contributed by atoms with van der Waals surface area (Å²) in [5.41, 5.74) is 5.92. The molecule has 0 aliphatic carbocycles. The van der Waals surface area contributed by atoms with E-state index in [9.17, 15) is 0 Å². The summed E-state index contributed by atoms with van der Waals surface area (Å²) in [5.74, 6) is 0.950. The summed E-state index contributed by atoms with van der Waals surface area (Å²) in [4.78, 5) is 9.40. The molecule has 0 amide bonds. The first-order chi connectivity index (χ1) is 15.6. The first-order valence-electron chi connectivity index (χ1n) is 10.7. The number of hydrazine groups is 1. The van der Waals surface area contributed by atoms with Crippen LogP contribution in [0.3, 0.4) is 0 Å². The van der Waals surface area contributed by atoms with E-state index in [1.807, 2.05) is 12.1 Å². The molecule has 4 heterocycles. The molecule has 2 aliphatic rings. The van der Waals surface area contributed by atoms with Crippen LogP contribution in [0.2, 0.25) is 5.02 Å². The van der Waals surface area contributed by atoms with Gasteiger partial charge < -0.3 is 9.88 Å². The molecule has 2 aliphatic heterocycles. The first-order valence-corrected chi connectivity index (χ1v) is 12.0. The van der Waals surface area contributed by atoms with Crippen LogP contribution in [0.1, 0.15) is 22.4 Å². The van der Waals surface area contributed by atoms with Gasteiger partial charge in [-0.05, 0) is 30.7 Å². The number of halogens is 1. The molecule has 2 unspecified atom stereocenters. The lowest BCUT2D eigenvalue weighted by Gasteiger charge is -2.12. The maximum atomic E-state index is 6.24. The monoisotopic (exact) mass is 462 g/mol. The van der Waals surface area contributed by atoms with Crippen LogP contribution in [-0.4, -0.2) is 45.7 Å². The Labute approximate surface area is 195 Å². The van der Waals surface area contributed by atoms with Gasteiger partial charge in [-0.3, -0.25) is 4.99 Å². The summed E-state index contributed by atoms with van der Waals surface area (Å²) in [7, 11) is 2.12. The molecular weight excluding hydrogens is 440 g/mol. The lowest BCUT2D eigenvalue weighted by atomic mass is 10.0. The van der Waals surface area contributed by atoms with E-state index in [4.69, 9.17) is 16.6 Å². The Kier molecular flexibility index (Phi) is 4.71. The van der Waals surface area contributed by atoms with Crippen molar-refractivity contribution in [1.29, 1.82) is 0 Å². The van der Waals surface area contributed by atoms with Crippen molar-refractivity contribution in [2.75, 3.05) is 20.1 Å². The Morgan fingerprint density at radius 2 is 1.97 bits per heavy atom. The Bertz CT molecular complexity index is 1340. The molecule has 1 N–H and O–H groups in total. The fraction of sp³-hybridized carbons (Fsp3) is 0.250. The zero-order valence-corrected chi connectivity index (χ0v) is 19.5. The second-order valence-electron chi connectivity index (χ2n) is 8.15. The minimum absolute atomic E-state index is 0.119. The number of rotatable bonds is 4. The standard InChI is InChI=1S/C24H23ClN6S/c1-15-28-18(14-32-15)13-30-20-6-4-3-5-19(20)21(22(30)16-7-9-17(25)10-8-16)23-29(2)31(23)24-26-11-12-27-24/h3-10,14,23H,11-13H2,1-2H3,(H,26,27). The number of aromatic nitrogens is 2. The van der Waals surface area contributed by atoms with Gasteiger partial charge in [-0.1, -0.05) is 41.9 Å². The van der Waals surface area contributed by atoms with E-state index in [0.717, 1.165) is 46.9 Å². The van der Waals surface area contributed by atoms with E-state index in [-0.39, 0.29) is 6.17 Å². The van der Waals surface area contributed by atoms with Crippen molar-refractivity contribution in [3.8, 4) is 11.3 Å². The van der Waals surface area contributed by atoms with Crippen molar-refractivity contribution >= 4 is 39.8 Å². The normalized spacial score (nSPS) is 20.0. The van der Waals surface area contributed by atoms with Gasteiger partial charge in [0.2, 0.25) is 5.96 Å². The fourth-order valence-electron chi connectivity index (χ4n) is 4.69. The molecule has 4 aromatic rings. The largest absolute Gasteiger partial charge is 0.353 e. The maximum absolute atomic E-state index is 6.24. The van der Waals surface area contributed by atoms with Gasteiger partial charge in [-0.2, -0.15) is 5.01 Å². The second-order valence-corrected chi connectivity index (χ2v) is 9.65. The zero-order chi connectivity index (χ0) is 21.8. The molecule has 1 fully saturated rings. The molecule has 0 radical (unpaired) electrons. The number of nitrogens with one attached hydrogen (secondary N) is 1. The van der Waals surface area contributed by atoms with Crippen LogP contribution in [0.25, 0.3) is 22.2 Å². The number of fused-ring (bicyclic) bond motifs is 1. The third kappa shape index (κ3) is 3.20. The molecule has 162 valence electrons. The molecule has 6 nitrogen and oxygen atoms in total. The quantitative estimate of drug-likeness (QED) is 0.438. The summed E-state index contributed by atoms with van der Waals surface area (Å²) >= 11 is 7.93. The van der Waals surface area contributed by atoms with E-state index < -0.39 is 0 Å². The smallest absolute Gasteiger partial charge is 0.210 e. The van der Waals surface area contributed by atoms with Crippen LogP contribution in [0.5, 0.6) is 0 Å². The number of hydrogen-bond acceptors (Lipinski definition) is 6. The van der Waals surface area contributed by atoms with Crippen LogP contribution in [0.15, 0.2) is 58.9 Å². The minimum atomic E-state index is 0.119. The highest BCUT2D eigenvalue weighted by Crippen LogP contribution is 2.48. The van der Waals surface area contributed by atoms with Crippen LogP contribution in [0.4, 0.5) is 0 Å². The maximum Gasteiger partial charge on any atom is 0.210 e. The molecule has 0 saturated carbocycles. The molecule has 1 saturated heterocycles. The second kappa shape index (κ2) is 7.62. The first kappa shape index (κ1) is 19.8. The van der Waals surface area contributed by atoms with E-state index in [2.05, 4.69) is 80.6 Å². The van der Waals surface area contributed by atoms with Crippen LogP contribution >= 0.6 is 22.9 Å². The molecule has 8 heteroatoms. The van der Waals surface area contributed by atoms with Crippen molar-refractivity contribution in [1.82, 2.24) is 24.9 Å². The molecule has 0 spiro atoms. The molecule has 2 atom stereocenters. The lowest BCUT2D eigenvalue weighted by Crippen LogP contribution is -2.27. The molecule has 32 heavy (non-hydrogen) atoms. The van der Waals surface area contributed by atoms with E-state index >= 15 is 0 Å². The average molecular weight is 463 g/mol. The number of guanidine groups is 1. The van der Waals surface area contributed by atoms with E-state index in [1.165, 1.54) is 22.2 Å². The molecule has 2 aromatic carbocycles. The van der Waals surface area contributed by atoms with E-state index in [0.29, 0.717) is 0 Å². The van der Waals surface area contributed by atoms with Crippen molar-refractivity contribution < 1.29 is 0 Å². The molecule has 6 rings (SSSR count). The summed E-state index contributed by atoms with van der Waals surface area (Å²) < 4.78 is 2.40. The van der Waals surface area contributed by atoms with Gasteiger partial charge in [0.15, 0.2) is 0 Å². The van der Waals surface area contributed by atoms with E-state index in [1.54, 1.807) is 11.3 Å². The van der Waals surface area contributed by atoms with Gasteiger partial charge in [-0.15, -0.1) is 11.3 Å². The fourth-order valence-corrected chi connectivity index (χ4v) is 5.42. The number of nitrogens with zero attached hydrogens (tertiary/aromatic N) is 5. The van der Waals surface area contributed by atoms with Gasteiger partial charge >= 0.3 is 0 Å². The molecule has 0 bridgehead atoms. The molecular formula is C24H23ClN6S. The summed E-state index contributed by atoms with van der Waals surface area (Å²) in [5, 5.41) is 13.1. The highest BCUT2D eigenvalue weighted by Gasteiger charge is 2.49. The number of para-hydroxylation sites is 1. The summed E-state index contributed by atoms with van der Waals surface area (Å²) in [6.45, 7) is 4.49. The van der Waals surface area contributed by atoms with Crippen molar-refractivity contribution in [3.05, 3.63) is 75.2 Å². The summed E-state index contributed by atoms with van der Waals surface area (Å²) in [6, 6.07) is 16.8. The Balaban J connectivity index is 1.57. The highest BCUT2D eigenvalue weighted by atomic mass is 35.5. The number of benzene rings is 2. The summed E-state index contributed by atoms with van der Waals surface area (Å²) in [6.07, 6.45) is 0.119. The Morgan fingerprint density at radius 3 is 2.69 bits per heavy atom. The zero-order valence-electron chi connectivity index (χ0n) is 17.9. The van der Waals surface area contributed by atoms with Crippen LogP contribution in [-0.2, 0) is 6.54 Å². The Hall–Kier alpha value is -2.87.